The van der Waals surface area contributed by atoms with E-state index in [-0.39, 0.29) is 18.9 Å². The average Bonchev–Trinajstić information content (AvgIpc) is 2.42. The van der Waals surface area contributed by atoms with Crippen LogP contribution in [0.1, 0.15) is 31.7 Å². The molecule has 20 heavy (non-hydrogen) atoms. The number of amides is 1. The van der Waals surface area contributed by atoms with Crippen LogP contribution in [0.4, 0.5) is 5.69 Å². The van der Waals surface area contributed by atoms with Gasteiger partial charge in [0.1, 0.15) is 6.61 Å². The number of nitrogens with one attached hydrogen (secondary N) is 1. The Morgan fingerprint density at radius 3 is 2.85 bits per heavy atom. The second-order valence-electron chi connectivity index (χ2n) is 4.55. The predicted molar refractivity (Wildman–Crippen MR) is 76.8 cm³/mol. The molecule has 0 saturated carbocycles. The third-order valence-electron chi connectivity index (χ3n) is 2.71. The summed E-state index contributed by atoms with van der Waals surface area (Å²) in [5.41, 5.74) is 1.55. The Morgan fingerprint density at radius 2 is 2.15 bits per heavy atom. The molecule has 0 heterocycles. The van der Waals surface area contributed by atoms with Gasteiger partial charge in [-0.25, -0.2) is 0 Å². The van der Waals surface area contributed by atoms with Crippen LogP contribution < -0.4 is 5.32 Å². The van der Waals surface area contributed by atoms with Crippen LogP contribution in [0.3, 0.4) is 0 Å². The molecule has 0 aromatic heterocycles. The van der Waals surface area contributed by atoms with E-state index in [9.17, 15) is 9.59 Å². The number of carboxylic acid groups (broad SMARTS) is 1. The van der Waals surface area contributed by atoms with Crippen LogP contribution in [0.2, 0.25) is 0 Å². The van der Waals surface area contributed by atoms with Crippen molar-refractivity contribution in [3.05, 3.63) is 29.8 Å². The number of aliphatic carboxylic acids is 1. The van der Waals surface area contributed by atoms with Crippen LogP contribution in [-0.4, -0.2) is 30.2 Å². The summed E-state index contributed by atoms with van der Waals surface area (Å²) >= 11 is 0. The van der Waals surface area contributed by atoms with E-state index in [2.05, 4.69) is 12.2 Å². The zero-order valence-corrected chi connectivity index (χ0v) is 11.7. The van der Waals surface area contributed by atoms with E-state index in [0.717, 1.165) is 18.4 Å². The van der Waals surface area contributed by atoms with Crippen molar-refractivity contribution in [3.63, 3.8) is 0 Å². The number of ether oxygens (including phenoxy) is 1. The van der Waals surface area contributed by atoms with E-state index in [1.54, 1.807) is 18.2 Å². The van der Waals surface area contributed by atoms with Crippen LogP contribution in [0, 0.1) is 0 Å². The van der Waals surface area contributed by atoms with E-state index >= 15 is 0 Å². The number of unbranched alkanes of at least 4 members (excludes halogenated alkanes) is 1. The summed E-state index contributed by atoms with van der Waals surface area (Å²) in [4.78, 5) is 22.1. The van der Waals surface area contributed by atoms with Crippen LogP contribution in [-0.2, 0) is 20.7 Å². The summed E-state index contributed by atoms with van der Waals surface area (Å²) in [7, 11) is 0. The number of benzene rings is 1. The molecule has 110 valence electrons. The second-order valence-corrected chi connectivity index (χ2v) is 4.55. The Labute approximate surface area is 118 Å². The molecular weight excluding hydrogens is 258 g/mol. The van der Waals surface area contributed by atoms with E-state index in [4.69, 9.17) is 9.84 Å². The Morgan fingerprint density at radius 1 is 1.35 bits per heavy atom. The quantitative estimate of drug-likeness (QED) is 0.681. The highest BCUT2D eigenvalue weighted by molar-refractivity contribution is 5.91. The molecule has 0 aliphatic carbocycles. The molecule has 1 amide bonds. The Kier molecular flexibility index (Phi) is 7.35. The molecule has 2 N–H and O–H groups in total. The van der Waals surface area contributed by atoms with E-state index in [1.807, 2.05) is 6.07 Å². The van der Waals surface area contributed by atoms with Crippen LogP contribution in [0.25, 0.3) is 0 Å². The number of aryl methyl sites for hydroxylation is 1. The number of hydrogen-bond donors (Lipinski definition) is 2. The standard InChI is InChI=1S/C15H21NO4/c1-2-3-9-20-11-14(17)16-13-6-4-5-12(10-13)7-8-15(18)19/h4-6,10H,2-3,7-9,11H2,1H3,(H,16,17)(H,18,19). The second kappa shape index (κ2) is 9.09. The maximum atomic E-state index is 11.6. The van der Waals surface area contributed by atoms with Crippen molar-refractivity contribution in [1.29, 1.82) is 0 Å². The van der Waals surface area contributed by atoms with Crippen molar-refractivity contribution in [3.8, 4) is 0 Å². The van der Waals surface area contributed by atoms with Crippen LogP contribution in [0.15, 0.2) is 24.3 Å². The van der Waals surface area contributed by atoms with Gasteiger partial charge in [0, 0.05) is 18.7 Å². The molecule has 0 aliphatic heterocycles. The minimum atomic E-state index is -0.830. The molecule has 0 spiro atoms. The van der Waals surface area contributed by atoms with Gasteiger partial charge >= 0.3 is 5.97 Å². The molecule has 1 aromatic rings. The van der Waals surface area contributed by atoms with Crippen molar-refractivity contribution in [1.82, 2.24) is 0 Å². The lowest BCUT2D eigenvalue weighted by molar-refractivity contribution is -0.137. The van der Waals surface area contributed by atoms with Gasteiger partial charge in [0.15, 0.2) is 0 Å². The Hall–Kier alpha value is -1.88. The number of carbonyl (C=O) groups excluding carboxylic acids is 1. The number of carbonyl (C=O) groups is 2. The molecule has 0 aliphatic rings. The number of carboxylic acids is 1. The summed E-state index contributed by atoms with van der Waals surface area (Å²) in [6.07, 6.45) is 2.51. The van der Waals surface area contributed by atoms with Crippen molar-refractivity contribution in [2.24, 2.45) is 0 Å². The molecule has 1 aromatic carbocycles. The summed E-state index contributed by atoms with van der Waals surface area (Å²) in [5, 5.41) is 11.4. The van der Waals surface area contributed by atoms with Gasteiger partial charge in [0.05, 0.1) is 0 Å². The number of hydrogen-bond acceptors (Lipinski definition) is 3. The summed E-state index contributed by atoms with van der Waals surface area (Å²) in [5.74, 6) is -1.03. The van der Waals surface area contributed by atoms with Gasteiger partial charge in [-0.05, 0) is 30.5 Å². The molecule has 0 radical (unpaired) electrons. The lowest BCUT2D eigenvalue weighted by Gasteiger charge is -2.07. The summed E-state index contributed by atoms with van der Waals surface area (Å²) in [6, 6.07) is 7.20. The topological polar surface area (TPSA) is 75.6 Å². The molecule has 0 fully saturated rings. The van der Waals surface area contributed by atoms with Crippen molar-refractivity contribution >= 4 is 17.6 Å². The zero-order valence-electron chi connectivity index (χ0n) is 11.7. The lowest BCUT2D eigenvalue weighted by Crippen LogP contribution is -2.18. The summed E-state index contributed by atoms with van der Waals surface area (Å²) < 4.78 is 5.23. The molecule has 0 saturated heterocycles. The third-order valence-corrected chi connectivity index (χ3v) is 2.71. The molecule has 0 bridgehead atoms. The van der Waals surface area contributed by atoms with Gasteiger partial charge in [0.2, 0.25) is 5.91 Å². The first kappa shape index (κ1) is 16.2. The lowest BCUT2D eigenvalue weighted by atomic mass is 10.1. The van der Waals surface area contributed by atoms with Crippen LogP contribution >= 0.6 is 0 Å². The van der Waals surface area contributed by atoms with Gasteiger partial charge < -0.3 is 15.2 Å². The highest BCUT2D eigenvalue weighted by Crippen LogP contribution is 2.12. The van der Waals surface area contributed by atoms with E-state index < -0.39 is 5.97 Å². The fourth-order valence-corrected chi connectivity index (χ4v) is 1.66. The molecule has 5 heteroatoms. The Bertz CT molecular complexity index is 445. The van der Waals surface area contributed by atoms with E-state index in [1.165, 1.54) is 0 Å². The van der Waals surface area contributed by atoms with Gasteiger partial charge in [-0.3, -0.25) is 9.59 Å². The van der Waals surface area contributed by atoms with Gasteiger partial charge in [-0.2, -0.15) is 0 Å². The highest BCUT2D eigenvalue weighted by Gasteiger charge is 2.04. The number of anilines is 1. The molecule has 5 nitrogen and oxygen atoms in total. The predicted octanol–water partition coefficient (Wildman–Crippen LogP) is 2.46. The molecule has 1 rings (SSSR count). The van der Waals surface area contributed by atoms with E-state index in [0.29, 0.717) is 18.7 Å². The minimum absolute atomic E-state index is 0.0410. The molecule has 0 atom stereocenters. The largest absolute Gasteiger partial charge is 0.481 e. The minimum Gasteiger partial charge on any atom is -0.481 e. The van der Waals surface area contributed by atoms with Gasteiger partial charge in [-0.15, -0.1) is 0 Å². The zero-order chi connectivity index (χ0) is 14.8. The van der Waals surface area contributed by atoms with Crippen LogP contribution in [0.5, 0.6) is 0 Å². The maximum absolute atomic E-state index is 11.6. The fourth-order valence-electron chi connectivity index (χ4n) is 1.66. The fraction of sp³-hybridized carbons (Fsp3) is 0.467. The monoisotopic (exact) mass is 279 g/mol. The van der Waals surface area contributed by atoms with Crippen molar-refractivity contribution in [2.45, 2.75) is 32.6 Å². The maximum Gasteiger partial charge on any atom is 0.303 e. The molecular formula is C15H21NO4. The van der Waals surface area contributed by atoms with Gasteiger partial charge in [-0.1, -0.05) is 25.5 Å². The Balaban J connectivity index is 2.40. The first-order valence-electron chi connectivity index (χ1n) is 6.80. The van der Waals surface area contributed by atoms with Gasteiger partial charge in [0.25, 0.3) is 0 Å². The SMILES string of the molecule is CCCCOCC(=O)Nc1cccc(CCC(=O)O)c1. The van der Waals surface area contributed by atoms with Crippen molar-refractivity contribution in [2.75, 3.05) is 18.5 Å². The number of rotatable bonds is 9. The summed E-state index contributed by atoms with van der Waals surface area (Å²) in [6.45, 7) is 2.69. The first-order valence-corrected chi connectivity index (χ1v) is 6.80. The average molecular weight is 279 g/mol. The highest BCUT2D eigenvalue weighted by atomic mass is 16.5. The molecule has 0 unspecified atom stereocenters. The van der Waals surface area contributed by atoms with Crippen molar-refractivity contribution < 1.29 is 19.4 Å². The third kappa shape index (κ3) is 6.89. The first-order chi connectivity index (χ1) is 9.61. The normalized spacial score (nSPS) is 10.2. The smallest absolute Gasteiger partial charge is 0.303 e.